The number of hydrogen-bond donors (Lipinski definition) is 0. The van der Waals surface area contributed by atoms with Crippen LogP contribution in [-0.4, -0.2) is 20.4 Å². The summed E-state index contributed by atoms with van der Waals surface area (Å²) in [6.45, 7) is 22.6. The Morgan fingerprint density at radius 2 is 1.60 bits per heavy atom. The normalized spacial score (nSPS) is 13.0. The van der Waals surface area contributed by atoms with Crippen molar-refractivity contribution in [2.24, 2.45) is 0 Å². The van der Waals surface area contributed by atoms with Gasteiger partial charge in [0, 0.05) is 34.7 Å². The molecule has 5 aromatic rings. The van der Waals surface area contributed by atoms with Gasteiger partial charge in [-0.1, -0.05) is 97.7 Å². The third kappa shape index (κ3) is 6.74. The van der Waals surface area contributed by atoms with Crippen LogP contribution in [0, 0.1) is 6.92 Å². The van der Waals surface area contributed by atoms with Gasteiger partial charge < -0.3 is 9.47 Å². The summed E-state index contributed by atoms with van der Waals surface area (Å²) in [4.78, 5) is 2.37. The Labute approximate surface area is 286 Å². The molecule has 0 amide bonds. The van der Waals surface area contributed by atoms with Crippen LogP contribution in [0.15, 0.2) is 153 Å². The van der Waals surface area contributed by atoms with Crippen molar-refractivity contribution in [2.45, 2.75) is 47.1 Å². The molecule has 0 aliphatic heterocycles. The van der Waals surface area contributed by atoms with E-state index in [1.54, 1.807) is 6.08 Å². The lowest BCUT2D eigenvalue weighted by molar-refractivity contribution is 0.842. The van der Waals surface area contributed by atoms with Crippen LogP contribution in [0.1, 0.15) is 50.2 Å². The molecule has 0 aliphatic carbocycles. The van der Waals surface area contributed by atoms with Gasteiger partial charge in [0.1, 0.15) is 0 Å². The second kappa shape index (κ2) is 15.3. The van der Waals surface area contributed by atoms with Crippen molar-refractivity contribution in [3.63, 3.8) is 0 Å². The fourth-order valence-corrected chi connectivity index (χ4v) is 6.25. The molecule has 0 spiro atoms. The lowest BCUT2D eigenvalue weighted by Gasteiger charge is -2.32. The van der Waals surface area contributed by atoms with E-state index in [0.717, 1.165) is 57.2 Å². The van der Waals surface area contributed by atoms with Crippen molar-refractivity contribution in [1.29, 1.82) is 0 Å². The van der Waals surface area contributed by atoms with Crippen LogP contribution in [0.2, 0.25) is 0 Å². The first-order chi connectivity index (χ1) is 23.4. The molecule has 2 heterocycles. The van der Waals surface area contributed by atoms with Crippen LogP contribution >= 0.6 is 0 Å². The predicted molar refractivity (Wildman–Crippen MR) is 209 cm³/mol. The average Bonchev–Trinajstić information content (AvgIpc) is 3.70. The maximum Gasteiger partial charge on any atom is 0.0930 e. The van der Waals surface area contributed by atoms with E-state index in [2.05, 4.69) is 164 Å². The zero-order chi connectivity index (χ0) is 34.2. The fraction of sp³-hybridized carbons (Fsp3) is 0.159. The van der Waals surface area contributed by atoms with Crippen molar-refractivity contribution in [3.05, 3.63) is 176 Å². The van der Waals surface area contributed by atoms with Crippen molar-refractivity contribution in [2.75, 3.05) is 4.90 Å². The number of para-hydroxylation sites is 2. The number of benzene rings is 3. The molecule has 48 heavy (non-hydrogen) atoms. The van der Waals surface area contributed by atoms with Crippen molar-refractivity contribution < 1.29 is 0 Å². The summed E-state index contributed by atoms with van der Waals surface area (Å²) in [5.74, 6) is 0. The molecule has 0 fully saturated rings. The second-order valence-electron chi connectivity index (χ2n) is 11.8. The van der Waals surface area contributed by atoms with E-state index in [9.17, 15) is 0 Å². The molecule has 0 N–H and O–H groups in total. The minimum Gasteiger partial charge on any atom is -0.334 e. The Morgan fingerprint density at radius 3 is 2.31 bits per heavy atom. The number of rotatable bonds is 13. The molecule has 0 saturated carbocycles. The zero-order valence-corrected chi connectivity index (χ0v) is 28.9. The quantitative estimate of drug-likeness (QED) is 0.0955. The molecule has 4 heteroatoms. The van der Waals surface area contributed by atoms with Gasteiger partial charge in [-0.15, -0.1) is 13.2 Å². The highest BCUT2D eigenvalue weighted by Gasteiger charge is 2.22. The molecular formula is C44H46N4. The largest absolute Gasteiger partial charge is 0.334 e. The van der Waals surface area contributed by atoms with Gasteiger partial charge in [-0.3, -0.25) is 0 Å². The summed E-state index contributed by atoms with van der Waals surface area (Å²) in [5, 5.41) is 6.50. The Hall–Kier alpha value is -5.61. The molecular weight excluding hydrogens is 585 g/mol. The van der Waals surface area contributed by atoms with E-state index in [-0.39, 0.29) is 6.04 Å². The standard InChI is InChI=1S/C44H46N4/c1-9-15-22-34(13-5)41-30-44(35(14-6)20-10-2)48(45-41)39-28-37(46-31-32(7)40-24-17-19-26-43(40)46)27-38(29-39)47(33(8)12-4)42-25-18-16-23-36(42)21-11-3/h9-20,22-31,33H,1,3-4,21H2,2,5-8H3/b20-10-,22-15-,34-13+,35-14+. The van der Waals surface area contributed by atoms with Crippen LogP contribution in [0.25, 0.3) is 33.4 Å². The smallest absolute Gasteiger partial charge is 0.0930 e. The van der Waals surface area contributed by atoms with E-state index in [0.29, 0.717) is 0 Å². The van der Waals surface area contributed by atoms with Gasteiger partial charge in [-0.05, 0) is 99.7 Å². The summed E-state index contributed by atoms with van der Waals surface area (Å²) >= 11 is 0. The highest BCUT2D eigenvalue weighted by Crippen LogP contribution is 2.37. The minimum absolute atomic E-state index is 0.00246. The molecule has 3 aromatic carbocycles. The Kier molecular flexibility index (Phi) is 10.8. The van der Waals surface area contributed by atoms with Gasteiger partial charge >= 0.3 is 0 Å². The zero-order valence-electron chi connectivity index (χ0n) is 28.9. The van der Waals surface area contributed by atoms with Crippen LogP contribution in [-0.2, 0) is 6.42 Å². The third-order valence-electron chi connectivity index (χ3n) is 8.64. The SMILES string of the molecule is C=C/C=C\C(=C/C)c1cc(C(/C=C\C)=C/C)n(-c2cc(N(c3ccccc3CC=C)C(C)C=C)cc(-n3cc(C)c4ccccc43)c2)n1. The Balaban J connectivity index is 1.87. The number of nitrogens with zero attached hydrogens (tertiary/aromatic N) is 4. The van der Waals surface area contributed by atoms with Gasteiger partial charge in [0.25, 0.3) is 0 Å². The maximum absolute atomic E-state index is 5.27. The highest BCUT2D eigenvalue weighted by atomic mass is 15.3. The molecule has 0 bridgehead atoms. The van der Waals surface area contributed by atoms with Gasteiger partial charge in [0.05, 0.1) is 22.6 Å². The number of allylic oxidation sites excluding steroid dienone is 10. The van der Waals surface area contributed by atoms with Gasteiger partial charge in [-0.25, -0.2) is 4.68 Å². The van der Waals surface area contributed by atoms with Gasteiger partial charge in [-0.2, -0.15) is 5.10 Å². The molecule has 0 saturated heterocycles. The maximum atomic E-state index is 5.27. The molecule has 1 unspecified atom stereocenters. The second-order valence-corrected chi connectivity index (χ2v) is 11.8. The van der Waals surface area contributed by atoms with Crippen LogP contribution in [0.4, 0.5) is 11.4 Å². The Bertz CT molecular complexity index is 2070. The van der Waals surface area contributed by atoms with Crippen LogP contribution in [0.5, 0.6) is 0 Å². The lowest BCUT2D eigenvalue weighted by atomic mass is 10.0. The summed E-state index contributed by atoms with van der Waals surface area (Å²) < 4.78 is 4.37. The lowest BCUT2D eigenvalue weighted by Crippen LogP contribution is -2.27. The number of aromatic nitrogens is 3. The van der Waals surface area contributed by atoms with Crippen LogP contribution in [0.3, 0.4) is 0 Å². The summed E-state index contributed by atoms with van der Waals surface area (Å²) in [7, 11) is 0. The first-order valence-corrected chi connectivity index (χ1v) is 16.6. The summed E-state index contributed by atoms with van der Waals surface area (Å²) in [5.41, 5.74) is 11.7. The molecule has 2 aromatic heterocycles. The number of hydrogen-bond acceptors (Lipinski definition) is 2. The van der Waals surface area contributed by atoms with Gasteiger partial charge in [0.2, 0.25) is 0 Å². The number of aryl methyl sites for hydroxylation is 1. The van der Waals surface area contributed by atoms with E-state index in [1.807, 2.05) is 32.1 Å². The van der Waals surface area contributed by atoms with Crippen molar-refractivity contribution in [3.8, 4) is 11.4 Å². The van der Waals surface area contributed by atoms with E-state index >= 15 is 0 Å². The molecule has 1 atom stereocenters. The molecule has 0 radical (unpaired) electrons. The molecule has 5 rings (SSSR count). The predicted octanol–water partition coefficient (Wildman–Crippen LogP) is 11.7. The van der Waals surface area contributed by atoms with Crippen LogP contribution < -0.4 is 4.90 Å². The molecule has 242 valence electrons. The highest BCUT2D eigenvalue weighted by molar-refractivity contribution is 5.86. The Morgan fingerprint density at radius 1 is 0.875 bits per heavy atom. The molecule has 4 nitrogen and oxygen atoms in total. The van der Waals surface area contributed by atoms with E-state index in [1.165, 1.54) is 16.5 Å². The van der Waals surface area contributed by atoms with E-state index < -0.39 is 0 Å². The monoisotopic (exact) mass is 630 g/mol. The fourth-order valence-electron chi connectivity index (χ4n) is 6.25. The first kappa shape index (κ1) is 33.7. The average molecular weight is 631 g/mol. The summed E-state index contributed by atoms with van der Waals surface area (Å²) in [6, 6.07) is 26.0. The first-order valence-electron chi connectivity index (χ1n) is 16.6. The van der Waals surface area contributed by atoms with Crippen molar-refractivity contribution >= 4 is 33.4 Å². The number of fused-ring (bicyclic) bond motifs is 1. The number of anilines is 2. The molecule has 0 aliphatic rings. The minimum atomic E-state index is 0.00246. The van der Waals surface area contributed by atoms with Gasteiger partial charge in [0.15, 0.2) is 0 Å². The topological polar surface area (TPSA) is 26.0 Å². The summed E-state index contributed by atoms with van der Waals surface area (Å²) in [6.07, 6.45) is 21.2. The third-order valence-corrected chi connectivity index (χ3v) is 8.64. The van der Waals surface area contributed by atoms with E-state index in [4.69, 9.17) is 5.10 Å². The van der Waals surface area contributed by atoms with Crippen molar-refractivity contribution in [1.82, 2.24) is 14.3 Å².